The lowest BCUT2D eigenvalue weighted by Crippen LogP contribution is -2.35. The van der Waals surface area contributed by atoms with Crippen LogP contribution in [0.25, 0.3) is 0 Å². The molecule has 0 N–H and O–H groups in total. The second-order valence-electron chi connectivity index (χ2n) is 4.71. The van der Waals surface area contributed by atoms with Gasteiger partial charge in [-0.3, -0.25) is 4.79 Å². The van der Waals surface area contributed by atoms with Gasteiger partial charge in [0.05, 0.1) is 17.7 Å². The smallest absolute Gasteiger partial charge is 0.210 e. The molecule has 0 aromatic rings. The van der Waals surface area contributed by atoms with E-state index < -0.39 is 0 Å². The van der Waals surface area contributed by atoms with E-state index in [2.05, 4.69) is 0 Å². The number of amides is 1. The Bertz CT molecular complexity index is 264. The molecule has 3 atom stereocenters. The third kappa shape index (κ3) is 1.34. The quantitative estimate of drug-likeness (QED) is 0.594. The zero-order chi connectivity index (χ0) is 10.3. The monoisotopic (exact) mass is 197 g/mol. The average Bonchev–Trinajstić information content (AvgIpc) is 2.55. The number of rotatable bonds is 2. The zero-order valence-corrected chi connectivity index (χ0v) is 8.47. The molecule has 0 spiro atoms. The van der Waals surface area contributed by atoms with Crippen molar-refractivity contribution in [2.24, 2.45) is 5.92 Å². The molecule has 0 saturated carbocycles. The summed E-state index contributed by atoms with van der Waals surface area (Å²) in [6, 6.07) is -0.278. The van der Waals surface area contributed by atoms with E-state index >= 15 is 0 Å². The minimum Gasteiger partial charge on any atom is -0.370 e. The first-order valence-corrected chi connectivity index (χ1v) is 4.91. The summed E-state index contributed by atoms with van der Waals surface area (Å²) in [5.41, 5.74) is -0.147. The maximum absolute atomic E-state index is 10.9. The molecule has 2 saturated heterocycles. The SMILES string of the molecule is CC1(C)C[C@H]2C(CN(C=O)[C@@H]2C=O)O1. The first-order chi connectivity index (χ1) is 6.57. The summed E-state index contributed by atoms with van der Waals surface area (Å²) in [5.74, 6) is 0.188. The number of fused-ring (bicyclic) bond motifs is 1. The largest absolute Gasteiger partial charge is 0.370 e. The normalized spacial score (nSPS) is 39.6. The van der Waals surface area contributed by atoms with Crippen LogP contribution < -0.4 is 0 Å². The van der Waals surface area contributed by atoms with Gasteiger partial charge in [0.1, 0.15) is 6.29 Å². The summed E-state index contributed by atoms with van der Waals surface area (Å²) in [4.78, 5) is 23.1. The van der Waals surface area contributed by atoms with Crippen LogP contribution in [-0.4, -0.2) is 41.9 Å². The fraction of sp³-hybridized carbons (Fsp3) is 0.800. The van der Waals surface area contributed by atoms with E-state index in [0.29, 0.717) is 6.54 Å². The number of likely N-dealkylation sites (tertiary alicyclic amines) is 1. The third-order valence-corrected chi connectivity index (χ3v) is 3.16. The molecule has 0 bridgehead atoms. The summed E-state index contributed by atoms with van der Waals surface area (Å²) in [6.45, 7) is 4.61. The molecule has 2 aliphatic rings. The Morgan fingerprint density at radius 3 is 2.71 bits per heavy atom. The van der Waals surface area contributed by atoms with E-state index in [-0.39, 0.29) is 23.7 Å². The number of aldehydes is 1. The van der Waals surface area contributed by atoms with Crippen LogP contribution in [0.15, 0.2) is 0 Å². The predicted octanol–water partition coefficient (Wildman–Crippen LogP) is 0.210. The van der Waals surface area contributed by atoms with Gasteiger partial charge in [-0.2, -0.15) is 0 Å². The zero-order valence-electron chi connectivity index (χ0n) is 8.47. The number of nitrogens with zero attached hydrogens (tertiary/aromatic N) is 1. The molecule has 4 nitrogen and oxygen atoms in total. The van der Waals surface area contributed by atoms with Crippen molar-refractivity contribution in [1.82, 2.24) is 4.90 Å². The van der Waals surface area contributed by atoms with Gasteiger partial charge in [-0.1, -0.05) is 0 Å². The molecule has 0 aliphatic carbocycles. The van der Waals surface area contributed by atoms with Gasteiger partial charge in [-0.25, -0.2) is 0 Å². The Kier molecular flexibility index (Phi) is 2.10. The van der Waals surface area contributed by atoms with Crippen LogP contribution in [0.4, 0.5) is 0 Å². The summed E-state index contributed by atoms with van der Waals surface area (Å²) in [7, 11) is 0. The lowest BCUT2D eigenvalue weighted by Gasteiger charge is -2.23. The van der Waals surface area contributed by atoms with Gasteiger partial charge in [0.2, 0.25) is 6.41 Å². The number of carbonyl (C=O) groups is 2. The van der Waals surface area contributed by atoms with Crippen molar-refractivity contribution in [3.05, 3.63) is 0 Å². The van der Waals surface area contributed by atoms with Crippen LogP contribution >= 0.6 is 0 Å². The van der Waals surface area contributed by atoms with Gasteiger partial charge in [0, 0.05) is 12.5 Å². The molecule has 78 valence electrons. The number of hydrogen-bond donors (Lipinski definition) is 0. The second-order valence-corrected chi connectivity index (χ2v) is 4.71. The molecular formula is C10H15NO3. The molecule has 1 amide bonds. The number of carbonyl (C=O) groups excluding carboxylic acids is 2. The lowest BCUT2D eigenvalue weighted by molar-refractivity contribution is -0.125. The molecule has 4 heteroatoms. The Balaban J connectivity index is 2.17. The molecule has 0 aromatic carbocycles. The highest BCUT2D eigenvalue weighted by molar-refractivity contribution is 5.66. The first-order valence-electron chi connectivity index (χ1n) is 4.91. The van der Waals surface area contributed by atoms with E-state index in [1.165, 1.54) is 4.90 Å². The Hall–Kier alpha value is -0.900. The standard InChI is InChI=1S/C10H15NO3/c1-10(2)3-7-8(5-12)11(6-13)4-9(7)14-10/h5-9H,3-4H2,1-2H3/t7-,8-,9?/m1/s1. The van der Waals surface area contributed by atoms with Gasteiger partial charge in [-0.15, -0.1) is 0 Å². The molecule has 2 aliphatic heterocycles. The predicted molar refractivity (Wildman–Crippen MR) is 49.7 cm³/mol. The van der Waals surface area contributed by atoms with Crippen LogP contribution in [0.1, 0.15) is 20.3 Å². The van der Waals surface area contributed by atoms with E-state index in [4.69, 9.17) is 4.74 Å². The first kappa shape index (κ1) is 9.65. The highest BCUT2D eigenvalue weighted by Gasteiger charge is 2.50. The fourth-order valence-corrected chi connectivity index (χ4v) is 2.63. The summed E-state index contributed by atoms with van der Waals surface area (Å²) in [6.07, 6.45) is 2.51. The van der Waals surface area contributed by atoms with E-state index in [1.54, 1.807) is 0 Å². The maximum Gasteiger partial charge on any atom is 0.210 e. The van der Waals surface area contributed by atoms with Crippen LogP contribution in [0.3, 0.4) is 0 Å². The molecule has 0 radical (unpaired) electrons. The van der Waals surface area contributed by atoms with Crippen LogP contribution in [0.5, 0.6) is 0 Å². The van der Waals surface area contributed by atoms with Gasteiger partial charge in [-0.05, 0) is 20.3 Å². The number of ether oxygens (including phenoxy) is 1. The number of hydrogen-bond acceptors (Lipinski definition) is 3. The second kappa shape index (κ2) is 3.05. The van der Waals surface area contributed by atoms with Gasteiger partial charge in [0.25, 0.3) is 0 Å². The maximum atomic E-state index is 10.9. The van der Waals surface area contributed by atoms with Crippen molar-refractivity contribution in [2.45, 2.75) is 38.0 Å². The molecule has 2 rings (SSSR count). The van der Waals surface area contributed by atoms with E-state index in [1.807, 2.05) is 13.8 Å². The minimum atomic E-state index is -0.278. The van der Waals surface area contributed by atoms with Crippen molar-refractivity contribution in [3.63, 3.8) is 0 Å². The van der Waals surface area contributed by atoms with Gasteiger partial charge < -0.3 is 14.4 Å². The fourth-order valence-electron chi connectivity index (χ4n) is 2.63. The average molecular weight is 197 g/mol. The molecule has 0 aromatic heterocycles. The van der Waals surface area contributed by atoms with Crippen molar-refractivity contribution >= 4 is 12.7 Å². The third-order valence-electron chi connectivity index (χ3n) is 3.16. The van der Waals surface area contributed by atoms with Crippen LogP contribution in [-0.2, 0) is 14.3 Å². The van der Waals surface area contributed by atoms with Crippen molar-refractivity contribution in [3.8, 4) is 0 Å². The summed E-state index contributed by atoms with van der Waals surface area (Å²) < 4.78 is 5.78. The molecule has 2 heterocycles. The Labute approximate surface area is 83.2 Å². The Morgan fingerprint density at radius 2 is 2.14 bits per heavy atom. The minimum absolute atomic E-state index is 0.0467. The van der Waals surface area contributed by atoms with Crippen molar-refractivity contribution in [1.29, 1.82) is 0 Å². The summed E-state index contributed by atoms with van der Waals surface area (Å²) >= 11 is 0. The van der Waals surface area contributed by atoms with Crippen LogP contribution in [0, 0.1) is 5.92 Å². The lowest BCUT2D eigenvalue weighted by atomic mass is 9.91. The van der Waals surface area contributed by atoms with Gasteiger partial charge in [0.15, 0.2) is 0 Å². The molecular weight excluding hydrogens is 182 g/mol. The highest BCUT2D eigenvalue weighted by Crippen LogP contribution is 2.41. The van der Waals surface area contributed by atoms with E-state index in [9.17, 15) is 9.59 Å². The van der Waals surface area contributed by atoms with Gasteiger partial charge >= 0.3 is 0 Å². The van der Waals surface area contributed by atoms with Crippen molar-refractivity contribution < 1.29 is 14.3 Å². The molecule has 1 unspecified atom stereocenters. The molecule has 2 fully saturated rings. The van der Waals surface area contributed by atoms with Crippen molar-refractivity contribution in [2.75, 3.05) is 6.54 Å². The summed E-state index contributed by atoms with van der Waals surface area (Å²) in [5, 5.41) is 0. The van der Waals surface area contributed by atoms with Crippen LogP contribution in [0.2, 0.25) is 0 Å². The molecule has 14 heavy (non-hydrogen) atoms. The topological polar surface area (TPSA) is 46.6 Å². The highest BCUT2D eigenvalue weighted by atomic mass is 16.5. The Morgan fingerprint density at radius 1 is 1.43 bits per heavy atom. The van der Waals surface area contributed by atoms with E-state index in [0.717, 1.165) is 19.1 Å².